The zero-order chi connectivity index (χ0) is 15.3. The average molecular weight is 285 g/mol. The van der Waals surface area contributed by atoms with Crippen LogP contribution in [0.25, 0.3) is 0 Å². The molecule has 6 heteroatoms. The lowest BCUT2D eigenvalue weighted by Crippen LogP contribution is -2.42. The zero-order valence-electron chi connectivity index (χ0n) is 11.6. The summed E-state index contributed by atoms with van der Waals surface area (Å²) in [6.45, 7) is 3.73. The van der Waals surface area contributed by atoms with Crippen molar-refractivity contribution in [3.63, 3.8) is 0 Å². The van der Waals surface area contributed by atoms with Crippen molar-refractivity contribution in [2.75, 3.05) is 7.11 Å². The fraction of sp³-hybridized carbons (Fsp3) is 0.429. The van der Waals surface area contributed by atoms with Gasteiger partial charge in [0.1, 0.15) is 6.04 Å². The third-order valence-corrected chi connectivity index (χ3v) is 2.69. The molecule has 4 nitrogen and oxygen atoms in total. The Balaban J connectivity index is 2.90. The van der Waals surface area contributed by atoms with Crippen LogP contribution >= 0.6 is 0 Å². The summed E-state index contributed by atoms with van der Waals surface area (Å²) in [7, 11) is 1.20. The molecule has 0 aliphatic carbocycles. The second kappa shape index (κ2) is 6.98. The number of carbonyl (C=O) groups is 2. The molecule has 1 N–H and O–H groups in total. The number of hydrogen-bond donors (Lipinski definition) is 1. The number of benzene rings is 1. The highest BCUT2D eigenvalue weighted by atomic mass is 19.2. The molecule has 1 rings (SSSR count). The number of nitrogens with one attached hydrogen (secondary N) is 1. The molecule has 1 aromatic rings. The number of carbonyl (C=O) groups excluding carboxylic acids is 2. The van der Waals surface area contributed by atoms with Gasteiger partial charge < -0.3 is 10.1 Å². The molecule has 0 aromatic heterocycles. The van der Waals surface area contributed by atoms with Crippen molar-refractivity contribution >= 4 is 11.9 Å². The van der Waals surface area contributed by atoms with Crippen LogP contribution in [-0.4, -0.2) is 25.0 Å². The van der Waals surface area contributed by atoms with Crippen molar-refractivity contribution in [2.24, 2.45) is 5.92 Å². The van der Waals surface area contributed by atoms with E-state index < -0.39 is 35.1 Å². The van der Waals surface area contributed by atoms with Gasteiger partial charge in [0.25, 0.3) is 5.91 Å². The highest BCUT2D eigenvalue weighted by molar-refractivity contribution is 5.97. The van der Waals surface area contributed by atoms with Gasteiger partial charge in [-0.1, -0.05) is 19.9 Å². The fourth-order valence-corrected chi connectivity index (χ4v) is 1.74. The number of hydrogen-bond acceptors (Lipinski definition) is 3. The third kappa shape index (κ3) is 4.01. The number of rotatable bonds is 5. The summed E-state index contributed by atoms with van der Waals surface area (Å²) < 4.78 is 31.1. The maximum atomic E-state index is 13.5. The molecule has 20 heavy (non-hydrogen) atoms. The van der Waals surface area contributed by atoms with E-state index in [9.17, 15) is 18.4 Å². The van der Waals surface area contributed by atoms with Crippen LogP contribution in [0.3, 0.4) is 0 Å². The summed E-state index contributed by atoms with van der Waals surface area (Å²) in [5.74, 6) is -3.70. The predicted octanol–water partition coefficient (Wildman–Crippen LogP) is 2.28. The van der Waals surface area contributed by atoms with E-state index in [-0.39, 0.29) is 5.92 Å². The van der Waals surface area contributed by atoms with Crippen LogP contribution in [0.2, 0.25) is 0 Å². The Morgan fingerprint density at radius 1 is 1.30 bits per heavy atom. The Bertz CT molecular complexity index is 503. The Labute approximate surface area is 116 Å². The molecule has 0 aliphatic heterocycles. The standard InChI is InChI=1S/C14H17F2NO3/c1-8(2)7-11(14(19)20-3)17-13(18)9-5-4-6-10(15)12(9)16/h4-6,8,11H,7H2,1-3H3,(H,17,18)/t11-/m0/s1. The topological polar surface area (TPSA) is 55.4 Å². The third-order valence-electron chi connectivity index (χ3n) is 2.69. The minimum Gasteiger partial charge on any atom is -0.467 e. The first-order valence-electron chi connectivity index (χ1n) is 6.19. The molecule has 1 aromatic carbocycles. The summed E-state index contributed by atoms with van der Waals surface area (Å²) in [6.07, 6.45) is 0.343. The van der Waals surface area contributed by atoms with E-state index >= 15 is 0 Å². The van der Waals surface area contributed by atoms with Crippen LogP contribution in [0.5, 0.6) is 0 Å². The number of methoxy groups -OCH3 is 1. The lowest BCUT2D eigenvalue weighted by atomic mass is 10.0. The molecule has 110 valence electrons. The highest BCUT2D eigenvalue weighted by Crippen LogP contribution is 2.13. The highest BCUT2D eigenvalue weighted by Gasteiger charge is 2.25. The molecule has 1 atom stereocenters. The Morgan fingerprint density at radius 3 is 2.50 bits per heavy atom. The van der Waals surface area contributed by atoms with Gasteiger partial charge in [-0.2, -0.15) is 0 Å². The Kier molecular flexibility index (Phi) is 5.61. The van der Waals surface area contributed by atoms with Crippen LogP contribution in [0.4, 0.5) is 8.78 Å². The van der Waals surface area contributed by atoms with E-state index in [1.54, 1.807) is 0 Å². The summed E-state index contributed by atoms with van der Waals surface area (Å²) in [5.41, 5.74) is -0.442. The Morgan fingerprint density at radius 2 is 1.95 bits per heavy atom. The van der Waals surface area contributed by atoms with E-state index in [2.05, 4.69) is 10.1 Å². The van der Waals surface area contributed by atoms with Crippen LogP contribution in [0, 0.1) is 17.6 Å². The van der Waals surface area contributed by atoms with E-state index in [4.69, 9.17) is 0 Å². The molecule has 0 spiro atoms. The molecular weight excluding hydrogens is 268 g/mol. The lowest BCUT2D eigenvalue weighted by molar-refractivity contribution is -0.143. The average Bonchev–Trinajstić information content (AvgIpc) is 2.39. The molecule has 0 radical (unpaired) electrons. The van der Waals surface area contributed by atoms with Gasteiger partial charge in [0, 0.05) is 0 Å². The van der Waals surface area contributed by atoms with Crippen LogP contribution < -0.4 is 5.32 Å². The molecule has 0 heterocycles. The summed E-state index contributed by atoms with van der Waals surface area (Å²) in [5, 5.41) is 2.36. The molecule has 0 saturated heterocycles. The summed E-state index contributed by atoms with van der Waals surface area (Å²) in [6, 6.07) is 2.40. The van der Waals surface area contributed by atoms with Gasteiger partial charge in [0.2, 0.25) is 0 Å². The second-order valence-corrected chi connectivity index (χ2v) is 4.78. The van der Waals surface area contributed by atoms with Crippen molar-refractivity contribution in [3.8, 4) is 0 Å². The van der Waals surface area contributed by atoms with Gasteiger partial charge >= 0.3 is 5.97 Å². The minimum absolute atomic E-state index is 0.122. The quantitative estimate of drug-likeness (QED) is 0.844. The number of amides is 1. The first kappa shape index (κ1) is 16.1. The molecule has 0 aliphatic rings. The van der Waals surface area contributed by atoms with Crippen molar-refractivity contribution in [3.05, 3.63) is 35.4 Å². The van der Waals surface area contributed by atoms with Gasteiger partial charge in [-0.05, 0) is 24.5 Å². The summed E-state index contributed by atoms with van der Waals surface area (Å²) in [4.78, 5) is 23.5. The first-order valence-corrected chi connectivity index (χ1v) is 6.19. The zero-order valence-corrected chi connectivity index (χ0v) is 11.6. The van der Waals surface area contributed by atoms with E-state index in [1.807, 2.05) is 13.8 Å². The Hall–Kier alpha value is -1.98. The smallest absolute Gasteiger partial charge is 0.328 e. The van der Waals surface area contributed by atoms with Crippen molar-refractivity contribution in [1.82, 2.24) is 5.32 Å². The van der Waals surface area contributed by atoms with E-state index in [0.717, 1.165) is 12.1 Å². The normalized spacial score (nSPS) is 12.1. The van der Waals surface area contributed by atoms with Crippen molar-refractivity contribution in [2.45, 2.75) is 26.3 Å². The van der Waals surface area contributed by atoms with Gasteiger partial charge in [-0.3, -0.25) is 4.79 Å². The number of esters is 1. The van der Waals surface area contributed by atoms with Gasteiger partial charge in [-0.25, -0.2) is 13.6 Å². The van der Waals surface area contributed by atoms with Crippen molar-refractivity contribution in [1.29, 1.82) is 0 Å². The number of halogens is 2. The minimum atomic E-state index is -1.24. The number of ether oxygens (including phenoxy) is 1. The largest absolute Gasteiger partial charge is 0.467 e. The lowest BCUT2D eigenvalue weighted by Gasteiger charge is -2.18. The van der Waals surface area contributed by atoms with Crippen LogP contribution in [0.1, 0.15) is 30.6 Å². The molecule has 0 unspecified atom stereocenters. The van der Waals surface area contributed by atoms with E-state index in [0.29, 0.717) is 6.42 Å². The maximum absolute atomic E-state index is 13.5. The molecule has 0 fully saturated rings. The molecule has 1 amide bonds. The van der Waals surface area contributed by atoms with E-state index in [1.165, 1.54) is 13.2 Å². The maximum Gasteiger partial charge on any atom is 0.328 e. The van der Waals surface area contributed by atoms with Gasteiger partial charge in [-0.15, -0.1) is 0 Å². The van der Waals surface area contributed by atoms with Crippen LogP contribution in [0.15, 0.2) is 18.2 Å². The molecule has 0 bridgehead atoms. The van der Waals surface area contributed by atoms with Crippen LogP contribution in [-0.2, 0) is 9.53 Å². The van der Waals surface area contributed by atoms with Gasteiger partial charge in [0.15, 0.2) is 11.6 Å². The SMILES string of the molecule is COC(=O)[C@H](CC(C)C)NC(=O)c1cccc(F)c1F. The fourth-order valence-electron chi connectivity index (χ4n) is 1.74. The second-order valence-electron chi connectivity index (χ2n) is 4.78. The molecule has 0 saturated carbocycles. The van der Waals surface area contributed by atoms with Gasteiger partial charge in [0.05, 0.1) is 12.7 Å². The molecular formula is C14H17F2NO3. The first-order chi connectivity index (χ1) is 9.36. The monoisotopic (exact) mass is 285 g/mol. The summed E-state index contributed by atoms with van der Waals surface area (Å²) >= 11 is 0. The predicted molar refractivity (Wildman–Crippen MR) is 69.1 cm³/mol. The van der Waals surface area contributed by atoms with Crippen molar-refractivity contribution < 1.29 is 23.1 Å².